The van der Waals surface area contributed by atoms with Gasteiger partial charge in [0.25, 0.3) is 10.0 Å². The van der Waals surface area contributed by atoms with Gasteiger partial charge in [0.05, 0.1) is 4.90 Å². The fourth-order valence-corrected chi connectivity index (χ4v) is 6.90. The van der Waals surface area contributed by atoms with E-state index in [0.29, 0.717) is 18.8 Å². The largest absolute Gasteiger partial charge is 0.360 e. The van der Waals surface area contributed by atoms with Gasteiger partial charge >= 0.3 is 0 Å². The molecule has 200 valence electrons. The summed E-state index contributed by atoms with van der Waals surface area (Å²) in [4.78, 5) is 35.8. The van der Waals surface area contributed by atoms with E-state index in [1.165, 1.54) is 29.7 Å². The first-order valence-electron chi connectivity index (χ1n) is 12.3. The van der Waals surface area contributed by atoms with Gasteiger partial charge in [-0.25, -0.2) is 13.4 Å². The summed E-state index contributed by atoms with van der Waals surface area (Å²) in [5.41, 5.74) is 3.72. The van der Waals surface area contributed by atoms with Crippen LogP contribution in [0.4, 0.5) is 16.5 Å². The van der Waals surface area contributed by atoms with E-state index in [-0.39, 0.29) is 28.4 Å². The lowest BCUT2D eigenvalue weighted by molar-refractivity contribution is -0.137. The summed E-state index contributed by atoms with van der Waals surface area (Å²) in [6.07, 6.45) is 3.37. The number of sulfonamides is 1. The van der Waals surface area contributed by atoms with Crippen LogP contribution < -0.4 is 14.5 Å². The Morgan fingerprint density at radius 1 is 1.16 bits per heavy atom. The Bertz CT molecular complexity index is 1460. The number of nitrogens with zero attached hydrogens (tertiary/aromatic N) is 4. The van der Waals surface area contributed by atoms with E-state index in [9.17, 15) is 18.0 Å². The van der Waals surface area contributed by atoms with E-state index >= 15 is 0 Å². The SMILES string of the molecule is Cc1cc2c(cc1Cl)CCCN2[C@H](C)C(=O)N1CCN(c2ccc(S(=O)(=O)Nc3nccs3)cc2)C(=O)C1. The van der Waals surface area contributed by atoms with Crippen molar-refractivity contribution in [1.82, 2.24) is 9.88 Å². The molecule has 1 saturated heterocycles. The second-order valence-electron chi connectivity index (χ2n) is 9.44. The number of piperazine rings is 1. The molecule has 2 aromatic carbocycles. The average molecular weight is 574 g/mol. The van der Waals surface area contributed by atoms with Crippen LogP contribution in [0.3, 0.4) is 0 Å². The third-order valence-electron chi connectivity index (χ3n) is 6.98. The van der Waals surface area contributed by atoms with Gasteiger partial charge in [0.15, 0.2) is 5.13 Å². The molecule has 0 saturated carbocycles. The molecular formula is C26H28ClN5O4S2. The van der Waals surface area contributed by atoms with Crippen molar-refractivity contribution in [1.29, 1.82) is 0 Å². The number of halogens is 1. The van der Waals surface area contributed by atoms with Crippen molar-refractivity contribution in [2.24, 2.45) is 0 Å². The van der Waals surface area contributed by atoms with Crippen molar-refractivity contribution in [3.63, 3.8) is 0 Å². The minimum absolute atomic E-state index is 0.0326. The van der Waals surface area contributed by atoms with Crippen LogP contribution in [-0.4, -0.2) is 62.3 Å². The molecule has 0 spiro atoms. The van der Waals surface area contributed by atoms with Gasteiger partial charge in [0.2, 0.25) is 11.8 Å². The number of aryl methyl sites for hydroxylation is 2. The van der Waals surface area contributed by atoms with E-state index in [2.05, 4.69) is 14.6 Å². The highest BCUT2D eigenvalue weighted by molar-refractivity contribution is 7.93. The summed E-state index contributed by atoms with van der Waals surface area (Å²) in [5.74, 6) is -0.303. The Hall–Kier alpha value is -3.15. The third kappa shape index (κ3) is 5.23. The van der Waals surface area contributed by atoms with Crippen LogP contribution in [0, 0.1) is 6.92 Å². The molecule has 0 radical (unpaired) electrons. The quantitative estimate of drug-likeness (QED) is 0.479. The maximum absolute atomic E-state index is 13.4. The van der Waals surface area contributed by atoms with E-state index in [1.807, 2.05) is 26.0 Å². The molecule has 9 nitrogen and oxygen atoms in total. The van der Waals surface area contributed by atoms with Crippen LogP contribution in [-0.2, 0) is 26.0 Å². The molecule has 0 aliphatic carbocycles. The second kappa shape index (κ2) is 10.5. The fourth-order valence-electron chi connectivity index (χ4n) is 4.92. The molecule has 2 aliphatic heterocycles. The molecule has 2 amide bonds. The lowest BCUT2D eigenvalue weighted by Gasteiger charge is -2.40. The molecule has 3 aromatic rings. The van der Waals surface area contributed by atoms with E-state index in [0.717, 1.165) is 41.2 Å². The summed E-state index contributed by atoms with van der Waals surface area (Å²) in [7, 11) is -3.78. The zero-order valence-electron chi connectivity index (χ0n) is 21.1. The Morgan fingerprint density at radius 2 is 1.92 bits per heavy atom. The molecule has 12 heteroatoms. The van der Waals surface area contributed by atoms with Crippen molar-refractivity contribution in [2.75, 3.05) is 40.7 Å². The van der Waals surface area contributed by atoms with Gasteiger partial charge in [0.1, 0.15) is 12.6 Å². The van der Waals surface area contributed by atoms with Crippen molar-refractivity contribution in [3.05, 3.63) is 64.1 Å². The molecule has 38 heavy (non-hydrogen) atoms. The van der Waals surface area contributed by atoms with Gasteiger partial charge in [-0.3, -0.25) is 14.3 Å². The van der Waals surface area contributed by atoms with Crippen LogP contribution in [0.5, 0.6) is 0 Å². The number of anilines is 3. The lowest BCUT2D eigenvalue weighted by Crippen LogP contribution is -2.57. The number of hydrogen-bond acceptors (Lipinski definition) is 7. The van der Waals surface area contributed by atoms with Crippen molar-refractivity contribution in [2.45, 2.75) is 37.6 Å². The summed E-state index contributed by atoms with van der Waals surface area (Å²) >= 11 is 7.51. The normalized spacial score (nSPS) is 16.8. The van der Waals surface area contributed by atoms with Crippen LogP contribution in [0.1, 0.15) is 24.5 Å². The zero-order chi connectivity index (χ0) is 27.0. The first kappa shape index (κ1) is 26.5. The number of fused-ring (bicyclic) bond motifs is 1. The summed E-state index contributed by atoms with van der Waals surface area (Å²) < 4.78 is 27.6. The number of thiazole rings is 1. The van der Waals surface area contributed by atoms with Crippen molar-refractivity contribution in [3.8, 4) is 0 Å². The topological polar surface area (TPSA) is 103 Å². The Morgan fingerprint density at radius 3 is 2.61 bits per heavy atom. The molecule has 0 unspecified atom stereocenters. The lowest BCUT2D eigenvalue weighted by atomic mass is 9.98. The Labute approximate surface area is 231 Å². The van der Waals surface area contributed by atoms with Crippen LogP contribution >= 0.6 is 22.9 Å². The summed E-state index contributed by atoms with van der Waals surface area (Å²) in [6, 6.07) is 9.74. The molecular weight excluding hydrogens is 546 g/mol. The van der Waals surface area contributed by atoms with Gasteiger partial charge in [0, 0.05) is 47.6 Å². The molecule has 2 aliphatic rings. The van der Waals surface area contributed by atoms with E-state index < -0.39 is 16.1 Å². The maximum atomic E-state index is 13.4. The highest BCUT2D eigenvalue weighted by Gasteiger charge is 2.34. The highest BCUT2D eigenvalue weighted by atomic mass is 35.5. The molecule has 0 bridgehead atoms. The first-order chi connectivity index (χ1) is 18.1. The average Bonchev–Trinajstić information content (AvgIpc) is 3.40. The number of hydrogen-bond donors (Lipinski definition) is 1. The summed E-state index contributed by atoms with van der Waals surface area (Å²) in [5, 5.41) is 2.69. The van der Waals surface area contributed by atoms with Gasteiger partial charge in [-0.1, -0.05) is 11.6 Å². The molecule has 1 atom stereocenters. The number of rotatable bonds is 6. The van der Waals surface area contributed by atoms with Crippen LogP contribution in [0.2, 0.25) is 5.02 Å². The molecule has 5 rings (SSSR count). The Kier molecular flexibility index (Phi) is 7.34. The number of carbonyl (C=O) groups excluding carboxylic acids is 2. The highest BCUT2D eigenvalue weighted by Crippen LogP contribution is 2.34. The molecule has 1 aromatic heterocycles. The smallest absolute Gasteiger partial charge is 0.263 e. The van der Waals surface area contributed by atoms with Crippen molar-refractivity contribution >= 4 is 61.3 Å². The van der Waals surface area contributed by atoms with E-state index in [1.54, 1.807) is 27.3 Å². The predicted octanol–water partition coefficient (Wildman–Crippen LogP) is 3.92. The standard InChI is InChI=1S/C26H28ClN5O4S2/c1-17-14-23-19(15-22(17)27)4-3-10-31(23)18(2)25(34)30-11-12-32(24(33)16-30)20-5-7-21(8-6-20)38(35,36)29-26-28-9-13-37-26/h5-9,13-15,18H,3-4,10-12,16H2,1-2H3,(H,28,29)/t18-/m1/s1. The number of carbonyl (C=O) groups is 2. The molecule has 3 heterocycles. The monoisotopic (exact) mass is 573 g/mol. The maximum Gasteiger partial charge on any atom is 0.263 e. The minimum atomic E-state index is -3.78. The van der Waals surface area contributed by atoms with Gasteiger partial charge in [-0.2, -0.15) is 0 Å². The van der Waals surface area contributed by atoms with Gasteiger partial charge in [-0.15, -0.1) is 11.3 Å². The Balaban J connectivity index is 1.25. The first-order valence-corrected chi connectivity index (χ1v) is 15.1. The van der Waals surface area contributed by atoms with Gasteiger partial charge < -0.3 is 14.7 Å². The van der Waals surface area contributed by atoms with E-state index in [4.69, 9.17) is 11.6 Å². The predicted molar refractivity (Wildman–Crippen MR) is 150 cm³/mol. The number of nitrogens with one attached hydrogen (secondary N) is 1. The zero-order valence-corrected chi connectivity index (χ0v) is 23.4. The number of benzene rings is 2. The molecule has 1 fully saturated rings. The molecule has 1 N–H and O–H groups in total. The van der Waals surface area contributed by atoms with Crippen LogP contribution in [0.15, 0.2) is 52.9 Å². The number of amides is 2. The summed E-state index contributed by atoms with van der Waals surface area (Å²) in [6.45, 7) is 5.29. The minimum Gasteiger partial charge on any atom is -0.360 e. The van der Waals surface area contributed by atoms with Crippen molar-refractivity contribution < 1.29 is 18.0 Å². The third-order valence-corrected chi connectivity index (χ3v) is 9.56. The number of aromatic nitrogens is 1. The van der Waals surface area contributed by atoms with Crippen LogP contribution in [0.25, 0.3) is 0 Å². The van der Waals surface area contributed by atoms with Gasteiger partial charge in [-0.05, 0) is 74.2 Å². The second-order valence-corrected chi connectivity index (χ2v) is 12.4. The fraction of sp³-hybridized carbons (Fsp3) is 0.346.